The third-order valence-electron chi connectivity index (χ3n) is 2.35. The lowest BCUT2D eigenvalue weighted by Crippen LogP contribution is -2.31. The first-order valence-electron chi connectivity index (χ1n) is 5.12. The van der Waals surface area contributed by atoms with E-state index in [4.69, 9.17) is 16.9 Å². The molecule has 17 heavy (non-hydrogen) atoms. The van der Waals surface area contributed by atoms with Crippen LogP contribution in [0.15, 0.2) is 22.7 Å². The SMILES string of the molecule is C#CCC(N)C(=O)Cc1ccc(OC)c(Br)c1. The van der Waals surface area contributed by atoms with Crippen molar-refractivity contribution in [3.8, 4) is 18.1 Å². The molecule has 0 fully saturated rings. The van der Waals surface area contributed by atoms with Crippen LogP contribution in [0.3, 0.4) is 0 Å². The summed E-state index contributed by atoms with van der Waals surface area (Å²) in [5.41, 5.74) is 6.53. The van der Waals surface area contributed by atoms with E-state index in [0.29, 0.717) is 0 Å². The van der Waals surface area contributed by atoms with Gasteiger partial charge in [0.05, 0.1) is 17.6 Å². The minimum Gasteiger partial charge on any atom is -0.496 e. The fraction of sp³-hybridized carbons (Fsp3) is 0.308. The molecule has 0 saturated heterocycles. The van der Waals surface area contributed by atoms with Gasteiger partial charge in [-0.2, -0.15) is 0 Å². The van der Waals surface area contributed by atoms with E-state index < -0.39 is 6.04 Å². The number of nitrogens with two attached hydrogens (primary N) is 1. The summed E-state index contributed by atoms with van der Waals surface area (Å²) < 4.78 is 5.92. The van der Waals surface area contributed by atoms with Gasteiger partial charge < -0.3 is 10.5 Å². The summed E-state index contributed by atoms with van der Waals surface area (Å²) in [6, 6.07) is 4.91. The monoisotopic (exact) mass is 295 g/mol. The number of ketones is 1. The van der Waals surface area contributed by atoms with Gasteiger partial charge in [0.25, 0.3) is 0 Å². The molecule has 2 N–H and O–H groups in total. The van der Waals surface area contributed by atoms with Crippen LogP contribution in [-0.2, 0) is 11.2 Å². The highest BCUT2D eigenvalue weighted by molar-refractivity contribution is 9.10. The molecule has 0 aliphatic rings. The van der Waals surface area contributed by atoms with E-state index in [1.54, 1.807) is 13.2 Å². The third kappa shape index (κ3) is 3.88. The Morgan fingerprint density at radius 3 is 2.88 bits per heavy atom. The number of terminal acetylenes is 1. The molecule has 0 bridgehead atoms. The van der Waals surface area contributed by atoms with Gasteiger partial charge in [-0.25, -0.2) is 0 Å². The van der Waals surface area contributed by atoms with Crippen molar-refractivity contribution >= 4 is 21.7 Å². The maximum Gasteiger partial charge on any atom is 0.154 e. The molecule has 0 amide bonds. The molecule has 1 atom stereocenters. The zero-order valence-corrected chi connectivity index (χ0v) is 11.2. The Morgan fingerprint density at radius 2 is 2.35 bits per heavy atom. The first-order chi connectivity index (χ1) is 8.08. The molecule has 3 nitrogen and oxygen atoms in total. The van der Waals surface area contributed by atoms with E-state index in [1.165, 1.54) is 0 Å². The molecule has 4 heteroatoms. The molecule has 90 valence electrons. The molecule has 1 unspecified atom stereocenters. The van der Waals surface area contributed by atoms with Crippen molar-refractivity contribution in [1.82, 2.24) is 0 Å². The Balaban J connectivity index is 2.73. The van der Waals surface area contributed by atoms with Crippen molar-refractivity contribution in [3.63, 3.8) is 0 Å². The van der Waals surface area contributed by atoms with Crippen molar-refractivity contribution in [2.24, 2.45) is 5.73 Å². The Labute approximate surface area is 109 Å². The second-order valence-corrected chi connectivity index (χ2v) is 4.48. The Hall–Kier alpha value is -1.31. The van der Waals surface area contributed by atoms with Crippen LogP contribution in [-0.4, -0.2) is 18.9 Å². The number of rotatable bonds is 5. The zero-order valence-electron chi connectivity index (χ0n) is 9.57. The average molecular weight is 296 g/mol. The Kier molecular flexibility index (Phi) is 5.20. The fourth-order valence-corrected chi connectivity index (χ4v) is 1.98. The minimum atomic E-state index is -0.583. The first kappa shape index (κ1) is 13.8. The van der Waals surface area contributed by atoms with Gasteiger partial charge in [0.2, 0.25) is 0 Å². The molecule has 1 aromatic rings. The molecule has 0 aliphatic carbocycles. The molecule has 0 saturated carbocycles. The lowest BCUT2D eigenvalue weighted by Gasteiger charge is -2.09. The number of carbonyl (C=O) groups excluding carboxylic acids is 1. The van der Waals surface area contributed by atoms with E-state index in [1.807, 2.05) is 12.1 Å². The predicted molar refractivity (Wildman–Crippen MR) is 70.8 cm³/mol. The van der Waals surface area contributed by atoms with Crippen molar-refractivity contribution < 1.29 is 9.53 Å². The molecular formula is C13H14BrNO2. The number of ether oxygens (including phenoxy) is 1. The third-order valence-corrected chi connectivity index (χ3v) is 2.97. The van der Waals surface area contributed by atoms with Crippen LogP contribution in [0.4, 0.5) is 0 Å². The summed E-state index contributed by atoms with van der Waals surface area (Å²) in [4.78, 5) is 11.7. The number of halogens is 1. The Bertz CT molecular complexity index is 451. The molecular weight excluding hydrogens is 282 g/mol. The van der Waals surface area contributed by atoms with Gasteiger partial charge in [-0.1, -0.05) is 6.07 Å². The second-order valence-electron chi connectivity index (χ2n) is 3.63. The standard InChI is InChI=1S/C13H14BrNO2/c1-3-4-11(15)12(16)8-9-5-6-13(17-2)10(14)7-9/h1,5-7,11H,4,8,15H2,2H3. The van der Waals surface area contributed by atoms with Gasteiger partial charge in [-0.3, -0.25) is 4.79 Å². The maximum absolute atomic E-state index is 11.7. The van der Waals surface area contributed by atoms with E-state index in [2.05, 4.69) is 21.9 Å². The molecule has 1 rings (SSSR count). The fourth-order valence-electron chi connectivity index (χ4n) is 1.39. The van der Waals surface area contributed by atoms with Crippen LogP contribution in [0.25, 0.3) is 0 Å². The number of hydrogen-bond donors (Lipinski definition) is 1. The number of benzene rings is 1. The first-order valence-corrected chi connectivity index (χ1v) is 5.92. The van der Waals surface area contributed by atoms with E-state index in [-0.39, 0.29) is 18.6 Å². The van der Waals surface area contributed by atoms with Gasteiger partial charge in [-0.15, -0.1) is 12.3 Å². The van der Waals surface area contributed by atoms with Crippen LogP contribution < -0.4 is 10.5 Å². The molecule has 0 heterocycles. The summed E-state index contributed by atoms with van der Waals surface area (Å²) >= 11 is 3.37. The number of carbonyl (C=O) groups is 1. The van der Waals surface area contributed by atoms with Crippen LogP contribution in [0.5, 0.6) is 5.75 Å². The summed E-state index contributed by atoms with van der Waals surface area (Å²) in [5.74, 6) is 3.06. The topological polar surface area (TPSA) is 52.3 Å². The summed E-state index contributed by atoms with van der Waals surface area (Å²) in [6.45, 7) is 0. The van der Waals surface area contributed by atoms with Gasteiger partial charge in [0, 0.05) is 12.8 Å². The molecule has 0 radical (unpaired) electrons. The highest BCUT2D eigenvalue weighted by Gasteiger charge is 2.13. The molecule has 0 aromatic heterocycles. The van der Waals surface area contributed by atoms with Crippen LogP contribution in [0, 0.1) is 12.3 Å². The van der Waals surface area contributed by atoms with Gasteiger partial charge in [0.1, 0.15) is 5.75 Å². The molecule has 0 aliphatic heterocycles. The number of Topliss-reactive ketones (excluding diaryl/α,β-unsaturated/α-hetero) is 1. The van der Waals surface area contributed by atoms with Crippen molar-refractivity contribution in [1.29, 1.82) is 0 Å². The Morgan fingerprint density at radius 1 is 1.65 bits per heavy atom. The smallest absolute Gasteiger partial charge is 0.154 e. The predicted octanol–water partition coefficient (Wildman–Crippen LogP) is 1.92. The zero-order chi connectivity index (χ0) is 12.8. The van der Waals surface area contributed by atoms with E-state index in [9.17, 15) is 4.79 Å². The largest absolute Gasteiger partial charge is 0.496 e. The highest BCUT2D eigenvalue weighted by atomic mass is 79.9. The van der Waals surface area contributed by atoms with Gasteiger partial charge in [-0.05, 0) is 33.6 Å². The summed E-state index contributed by atoms with van der Waals surface area (Å²) in [5, 5.41) is 0. The normalized spacial score (nSPS) is 11.6. The second kappa shape index (κ2) is 6.43. The van der Waals surface area contributed by atoms with Gasteiger partial charge in [0.15, 0.2) is 5.78 Å². The van der Waals surface area contributed by atoms with Crippen molar-refractivity contribution in [2.75, 3.05) is 7.11 Å². The average Bonchev–Trinajstić information content (AvgIpc) is 2.29. The van der Waals surface area contributed by atoms with Crippen LogP contribution >= 0.6 is 15.9 Å². The van der Waals surface area contributed by atoms with E-state index in [0.717, 1.165) is 15.8 Å². The van der Waals surface area contributed by atoms with Crippen LogP contribution in [0.1, 0.15) is 12.0 Å². The summed E-state index contributed by atoms with van der Waals surface area (Å²) in [6.07, 6.45) is 5.67. The van der Waals surface area contributed by atoms with Crippen molar-refractivity contribution in [3.05, 3.63) is 28.2 Å². The lowest BCUT2D eigenvalue weighted by atomic mass is 10.0. The van der Waals surface area contributed by atoms with E-state index >= 15 is 0 Å². The highest BCUT2D eigenvalue weighted by Crippen LogP contribution is 2.25. The molecule has 1 aromatic carbocycles. The number of methoxy groups -OCH3 is 1. The van der Waals surface area contributed by atoms with Crippen LogP contribution in [0.2, 0.25) is 0 Å². The number of hydrogen-bond acceptors (Lipinski definition) is 3. The maximum atomic E-state index is 11.7. The molecule has 0 spiro atoms. The summed E-state index contributed by atoms with van der Waals surface area (Å²) in [7, 11) is 1.59. The minimum absolute atomic E-state index is 0.0555. The van der Waals surface area contributed by atoms with Gasteiger partial charge >= 0.3 is 0 Å². The quantitative estimate of drug-likeness (QED) is 0.845. The van der Waals surface area contributed by atoms with Crippen molar-refractivity contribution in [2.45, 2.75) is 18.9 Å². The lowest BCUT2D eigenvalue weighted by molar-refractivity contribution is -0.119.